The Morgan fingerprint density at radius 2 is 1.76 bits per heavy atom. The summed E-state index contributed by atoms with van der Waals surface area (Å²) in [5.41, 5.74) is 0. The van der Waals surface area contributed by atoms with Crippen molar-refractivity contribution in [1.82, 2.24) is 15.0 Å². The molecule has 0 N–H and O–H groups in total. The summed E-state index contributed by atoms with van der Waals surface area (Å²) in [5.74, 6) is 0.577. The van der Waals surface area contributed by atoms with Crippen LogP contribution in [-0.4, -0.2) is 34.1 Å². The van der Waals surface area contributed by atoms with Crippen molar-refractivity contribution in [2.24, 2.45) is 0 Å². The van der Waals surface area contributed by atoms with E-state index in [1.807, 2.05) is 11.8 Å². The Hall–Kier alpha value is -1.10. The van der Waals surface area contributed by atoms with Crippen molar-refractivity contribution >= 4 is 17.5 Å². The zero-order chi connectivity index (χ0) is 15.7. The number of nitrogens with zero attached hydrogens (tertiary/aromatic N) is 4. The summed E-state index contributed by atoms with van der Waals surface area (Å²) < 4.78 is 5.78. The summed E-state index contributed by atoms with van der Waals surface area (Å²) in [6.07, 6.45) is 6.01. The number of unbranched alkanes of at least 4 members (excludes halogenated alkanes) is 3. The van der Waals surface area contributed by atoms with Crippen molar-refractivity contribution in [1.29, 1.82) is 0 Å². The van der Waals surface area contributed by atoms with E-state index in [-0.39, 0.29) is 11.4 Å². The first-order valence-corrected chi connectivity index (χ1v) is 8.31. The number of halogens is 1. The van der Waals surface area contributed by atoms with Gasteiger partial charge in [0.25, 0.3) is 0 Å². The van der Waals surface area contributed by atoms with Gasteiger partial charge in [-0.25, -0.2) is 0 Å². The smallest absolute Gasteiger partial charge is 0.322 e. The van der Waals surface area contributed by atoms with Crippen LogP contribution in [0.5, 0.6) is 6.01 Å². The maximum atomic E-state index is 5.97. The van der Waals surface area contributed by atoms with Gasteiger partial charge in [-0.1, -0.05) is 26.2 Å². The molecule has 120 valence electrons. The van der Waals surface area contributed by atoms with Crippen LogP contribution >= 0.6 is 11.6 Å². The average molecular weight is 315 g/mol. The van der Waals surface area contributed by atoms with Crippen LogP contribution in [0.2, 0.25) is 5.28 Å². The molecular formula is C15H27ClN4O. The lowest BCUT2D eigenvalue weighted by atomic mass is 10.1. The van der Waals surface area contributed by atoms with Crippen molar-refractivity contribution in [3.05, 3.63) is 5.28 Å². The summed E-state index contributed by atoms with van der Waals surface area (Å²) in [4.78, 5) is 14.6. The minimum atomic E-state index is 0.0878. The Morgan fingerprint density at radius 1 is 1.05 bits per heavy atom. The van der Waals surface area contributed by atoms with Crippen molar-refractivity contribution in [3.63, 3.8) is 0 Å². The lowest BCUT2D eigenvalue weighted by Crippen LogP contribution is -2.25. The molecule has 0 aliphatic rings. The third kappa shape index (κ3) is 6.46. The predicted octanol–water partition coefficient (Wildman–Crippen LogP) is 4.11. The Morgan fingerprint density at radius 3 is 2.38 bits per heavy atom. The second kappa shape index (κ2) is 9.77. The van der Waals surface area contributed by atoms with E-state index in [9.17, 15) is 0 Å². The number of hydrogen-bond donors (Lipinski definition) is 0. The van der Waals surface area contributed by atoms with E-state index >= 15 is 0 Å². The van der Waals surface area contributed by atoms with Crippen LogP contribution in [0.3, 0.4) is 0 Å². The second-order valence-electron chi connectivity index (χ2n) is 5.14. The molecule has 0 aromatic carbocycles. The molecule has 0 bridgehead atoms. The number of rotatable bonds is 10. The molecular weight excluding hydrogens is 288 g/mol. The van der Waals surface area contributed by atoms with Gasteiger partial charge in [0.2, 0.25) is 11.2 Å². The summed E-state index contributed by atoms with van der Waals surface area (Å²) in [6, 6.07) is 0.319. The molecule has 1 unspecified atom stereocenters. The summed E-state index contributed by atoms with van der Waals surface area (Å²) >= 11 is 5.97. The van der Waals surface area contributed by atoms with E-state index in [1.54, 1.807) is 0 Å². The molecule has 6 heteroatoms. The molecule has 1 aromatic rings. The summed E-state index contributed by atoms with van der Waals surface area (Å²) in [7, 11) is 0. The highest BCUT2D eigenvalue weighted by Crippen LogP contribution is 2.17. The van der Waals surface area contributed by atoms with Gasteiger partial charge in [-0.2, -0.15) is 15.0 Å². The Labute approximate surface area is 133 Å². The topological polar surface area (TPSA) is 51.1 Å². The third-order valence-corrected chi connectivity index (χ3v) is 3.56. The van der Waals surface area contributed by atoms with Crippen LogP contribution in [0.1, 0.15) is 59.8 Å². The monoisotopic (exact) mass is 314 g/mol. The number of hydrogen-bond acceptors (Lipinski definition) is 5. The maximum absolute atomic E-state index is 5.97. The summed E-state index contributed by atoms with van der Waals surface area (Å²) in [6.45, 7) is 10.0. The second-order valence-corrected chi connectivity index (χ2v) is 5.48. The maximum Gasteiger partial charge on any atom is 0.322 e. The van der Waals surface area contributed by atoms with E-state index in [4.69, 9.17) is 16.3 Å². The fraction of sp³-hybridized carbons (Fsp3) is 0.800. The van der Waals surface area contributed by atoms with Gasteiger partial charge in [0.05, 0.1) is 6.10 Å². The van der Waals surface area contributed by atoms with E-state index in [0.717, 1.165) is 25.9 Å². The van der Waals surface area contributed by atoms with E-state index in [1.165, 1.54) is 19.3 Å². The first-order chi connectivity index (χ1) is 10.1. The van der Waals surface area contributed by atoms with Crippen molar-refractivity contribution < 1.29 is 4.74 Å². The fourth-order valence-electron chi connectivity index (χ4n) is 2.12. The molecule has 21 heavy (non-hydrogen) atoms. The van der Waals surface area contributed by atoms with Crippen LogP contribution in [-0.2, 0) is 0 Å². The number of ether oxygens (including phenoxy) is 1. The highest BCUT2D eigenvalue weighted by atomic mass is 35.5. The highest BCUT2D eigenvalue weighted by Gasteiger charge is 2.13. The highest BCUT2D eigenvalue weighted by molar-refractivity contribution is 6.28. The van der Waals surface area contributed by atoms with Gasteiger partial charge >= 0.3 is 6.01 Å². The van der Waals surface area contributed by atoms with E-state index in [2.05, 4.69) is 35.7 Å². The van der Waals surface area contributed by atoms with Gasteiger partial charge in [-0.05, 0) is 45.2 Å². The van der Waals surface area contributed by atoms with Crippen LogP contribution in [0, 0.1) is 0 Å². The lowest BCUT2D eigenvalue weighted by molar-refractivity contribution is 0.189. The van der Waals surface area contributed by atoms with Crippen molar-refractivity contribution in [3.8, 4) is 6.01 Å². The molecule has 5 nitrogen and oxygen atoms in total. The van der Waals surface area contributed by atoms with Gasteiger partial charge < -0.3 is 9.64 Å². The van der Waals surface area contributed by atoms with Gasteiger partial charge in [-0.3, -0.25) is 0 Å². The van der Waals surface area contributed by atoms with E-state index < -0.39 is 0 Å². The van der Waals surface area contributed by atoms with E-state index in [0.29, 0.717) is 12.0 Å². The Bertz CT molecular complexity index is 413. The molecule has 1 heterocycles. The van der Waals surface area contributed by atoms with Crippen LogP contribution < -0.4 is 9.64 Å². The number of aromatic nitrogens is 3. The predicted molar refractivity (Wildman–Crippen MR) is 87.2 cm³/mol. The molecule has 1 aromatic heterocycles. The average Bonchev–Trinajstić information content (AvgIpc) is 2.44. The van der Waals surface area contributed by atoms with Crippen LogP contribution in [0.25, 0.3) is 0 Å². The van der Waals surface area contributed by atoms with Crippen LogP contribution in [0.4, 0.5) is 5.95 Å². The minimum Gasteiger partial charge on any atom is -0.460 e. The molecule has 1 rings (SSSR count). The molecule has 0 aliphatic heterocycles. The molecule has 0 aliphatic carbocycles. The zero-order valence-electron chi connectivity index (χ0n) is 13.6. The normalized spacial score (nSPS) is 12.2. The SMILES string of the molecule is CCCCCCC(C)Oc1nc(Cl)nc(N(CC)CC)n1. The molecule has 0 saturated heterocycles. The number of anilines is 1. The zero-order valence-corrected chi connectivity index (χ0v) is 14.4. The van der Waals surface area contributed by atoms with Crippen molar-refractivity contribution in [2.45, 2.75) is 65.9 Å². The van der Waals surface area contributed by atoms with Crippen molar-refractivity contribution in [2.75, 3.05) is 18.0 Å². The van der Waals surface area contributed by atoms with Gasteiger partial charge in [0, 0.05) is 13.1 Å². The van der Waals surface area contributed by atoms with Gasteiger partial charge in [0.1, 0.15) is 0 Å². The van der Waals surface area contributed by atoms with Crippen LogP contribution in [0.15, 0.2) is 0 Å². The largest absolute Gasteiger partial charge is 0.460 e. The summed E-state index contributed by atoms with van der Waals surface area (Å²) in [5, 5.41) is 0.181. The first-order valence-electron chi connectivity index (χ1n) is 7.93. The minimum absolute atomic E-state index is 0.0878. The first kappa shape index (κ1) is 18.0. The Kier molecular flexibility index (Phi) is 8.35. The lowest BCUT2D eigenvalue weighted by Gasteiger charge is -2.19. The fourth-order valence-corrected chi connectivity index (χ4v) is 2.27. The third-order valence-electron chi connectivity index (χ3n) is 3.39. The standard InChI is InChI=1S/C15H27ClN4O/c1-5-8-9-10-11-12(4)21-15-18-13(16)17-14(19-15)20(6-2)7-3/h12H,5-11H2,1-4H3. The van der Waals surface area contributed by atoms with Gasteiger partial charge in [0.15, 0.2) is 0 Å². The molecule has 0 saturated carbocycles. The Balaban J connectivity index is 2.61. The molecule has 0 radical (unpaired) electrons. The molecule has 0 amide bonds. The quantitative estimate of drug-likeness (QED) is 0.608. The molecule has 0 spiro atoms. The van der Waals surface area contributed by atoms with Gasteiger partial charge in [-0.15, -0.1) is 0 Å². The molecule has 1 atom stereocenters. The molecule has 0 fully saturated rings.